The summed E-state index contributed by atoms with van der Waals surface area (Å²) in [5.41, 5.74) is 2.49. The number of benzene rings is 2. The second kappa shape index (κ2) is 7.61. The summed E-state index contributed by atoms with van der Waals surface area (Å²) in [4.78, 5) is 26.0. The summed E-state index contributed by atoms with van der Waals surface area (Å²) in [5.74, 6) is 0. The Bertz CT molecular complexity index is 1420. The summed E-state index contributed by atoms with van der Waals surface area (Å²) < 4.78 is 5.06. The molecule has 0 amide bonds. The zero-order chi connectivity index (χ0) is 21.4. The maximum atomic E-state index is 13.1. The van der Waals surface area contributed by atoms with Crippen molar-refractivity contribution in [2.24, 2.45) is 7.05 Å². The van der Waals surface area contributed by atoms with Gasteiger partial charge in [-0.05, 0) is 55.5 Å². The monoisotopic (exact) mass is 461 g/mol. The number of nitrogens with zero attached hydrogens (tertiary/aromatic N) is 5. The summed E-state index contributed by atoms with van der Waals surface area (Å²) in [5, 5.41) is 13.4. The highest BCUT2D eigenvalue weighted by Crippen LogP contribution is 2.24. The van der Waals surface area contributed by atoms with Gasteiger partial charge in [0.1, 0.15) is 0 Å². The molecule has 0 aliphatic carbocycles. The first-order chi connectivity index (χ1) is 14.4. The van der Waals surface area contributed by atoms with E-state index in [2.05, 4.69) is 27.1 Å². The van der Waals surface area contributed by atoms with Crippen molar-refractivity contribution in [3.05, 3.63) is 97.4 Å². The first-order valence-corrected chi connectivity index (χ1v) is 9.85. The van der Waals surface area contributed by atoms with Gasteiger partial charge >= 0.3 is 5.69 Å². The van der Waals surface area contributed by atoms with E-state index >= 15 is 0 Å². The topological polar surface area (TPSA) is 85.6 Å². The molecule has 8 heteroatoms. The Kier molecular flexibility index (Phi) is 4.98. The first-order valence-electron chi connectivity index (χ1n) is 9.06. The Labute approximate surface area is 180 Å². The molecule has 0 saturated heterocycles. The van der Waals surface area contributed by atoms with Crippen LogP contribution in [-0.4, -0.2) is 18.9 Å². The van der Waals surface area contributed by atoms with Crippen LogP contribution < -0.4 is 11.2 Å². The van der Waals surface area contributed by atoms with Crippen molar-refractivity contribution >= 4 is 15.9 Å². The zero-order valence-electron chi connectivity index (χ0n) is 16.2. The van der Waals surface area contributed by atoms with Crippen LogP contribution in [-0.2, 0) is 7.05 Å². The minimum absolute atomic E-state index is 0.374. The Morgan fingerprint density at radius 2 is 1.77 bits per heavy atom. The van der Waals surface area contributed by atoms with Crippen molar-refractivity contribution in [2.75, 3.05) is 0 Å². The van der Waals surface area contributed by atoms with Crippen LogP contribution >= 0.6 is 15.9 Å². The molecule has 0 aliphatic rings. The second-order valence-electron chi connectivity index (χ2n) is 6.71. The van der Waals surface area contributed by atoms with Gasteiger partial charge in [-0.1, -0.05) is 22.0 Å². The van der Waals surface area contributed by atoms with Crippen LogP contribution in [0, 0.1) is 18.3 Å². The van der Waals surface area contributed by atoms with Crippen molar-refractivity contribution in [1.29, 1.82) is 5.26 Å². The van der Waals surface area contributed by atoms with E-state index in [1.807, 2.05) is 24.3 Å². The minimum atomic E-state index is -0.427. The molecule has 2 aromatic heterocycles. The van der Waals surface area contributed by atoms with Gasteiger partial charge in [0.2, 0.25) is 0 Å². The number of halogens is 1. The van der Waals surface area contributed by atoms with E-state index in [0.29, 0.717) is 33.9 Å². The van der Waals surface area contributed by atoms with Crippen LogP contribution in [0.1, 0.15) is 11.3 Å². The van der Waals surface area contributed by atoms with Crippen molar-refractivity contribution < 1.29 is 0 Å². The molecule has 0 aliphatic heterocycles. The molecule has 148 valence electrons. The lowest BCUT2D eigenvalue weighted by Crippen LogP contribution is -2.39. The lowest BCUT2D eigenvalue weighted by atomic mass is 10.1. The summed E-state index contributed by atoms with van der Waals surface area (Å²) in [6.07, 6.45) is 1.60. The fraction of sp³-hybridized carbons (Fsp3) is 0.0909. The molecule has 2 aromatic carbocycles. The van der Waals surface area contributed by atoms with E-state index in [4.69, 9.17) is 5.26 Å². The smallest absolute Gasteiger partial charge is 0.268 e. The van der Waals surface area contributed by atoms with Crippen LogP contribution in [0.3, 0.4) is 0 Å². The van der Waals surface area contributed by atoms with Crippen LogP contribution in [0.5, 0.6) is 0 Å². The maximum Gasteiger partial charge on any atom is 0.335 e. The molecule has 0 radical (unpaired) electrons. The van der Waals surface area contributed by atoms with E-state index in [9.17, 15) is 9.59 Å². The number of rotatable bonds is 3. The third-order valence-corrected chi connectivity index (χ3v) is 5.39. The Balaban J connectivity index is 2.00. The molecule has 0 fully saturated rings. The Morgan fingerprint density at radius 1 is 1.03 bits per heavy atom. The number of hydrogen-bond donors (Lipinski definition) is 0. The molecular formula is C22H16BrN5O2. The van der Waals surface area contributed by atoms with Gasteiger partial charge in [-0.3, -0.25) is 13.9 Å². The van der Waals surface area contributed by atoms with Gasteiger partial charge in [0, 0.05) is 17.2 Å². The van der Waals surface area contributed by atoms with Gasteiger partial charge in [0.05, 0.1) is 40.5 Å². The van der Waals surface area contributed by atoms with Gasteiger partial charge in [-0.15, -0.1) is 0 Å². The van der Waals surface area contributed by atoms with E-state index in [-0.39, 0.29) is 0 Å². The molecule has 0 spiro atoms. The fourth-order valence-electron chi connectivity index (χ4n) is 3.40. The van der Waals surface area contributed by atoms with Gasteiger partial charge < -0.3 is 0 Å². The molecular weight excluding hydrogens is 446 g/mol. The van der Waals surface area contributed by atoms with Crippen LogP contribution in [0.15, 0.2) is 74.9 Å². The van der Waals surface area contributed by atoms with Crippen molar-refractivity contribution in [3.8, 4) is 28.7 Å². The SMILES string of the molecule is Cc1c(-c2ccnn2-c2ccc(C#N)cc2)c(=O)n(C)c(=O)n1-c1cccc(Br)c1. The van der Waals surface area contributed by atoms with E-state index in [1.165, 1.54) is 11.6 Å². The highest BCUT2D eigenvalue weighted by Gasteiger charge is 2.20. The standard InChI is InChI=1S/C22H16BrN5O2/c1-14-20(19-10-11-25-28(19)17-8-6-15(13-24)7-9-17)21(29)26(2)22(30)27(14)18-5-3-4-16(23)12-18/h3-12H,1-2H3. The van der Waals surface area contributed by atoms with Gasteiger partial charge in [-0.2, -0.15) is 10.4 Å². The highest BCUT2D eigenvalue weighted by atomic mass is 79.9. The van der Waals surface area contributed by atoms with E-state index in [0.717, 1.165) is 9.04 Å². The molecule has 0 saturated carbocycles. The number of hydrogen-bond acceptors (Lipinski definition) is 4. The average molecular weight is 462 g/mol. The van der Waals surface area contributed by atoms with Crippen molar-refractivity contribution in [3.63, 3.8) is 0 Å². The van der Waals surface area contributed by atoms with Crippen LogP contribution in [0.2, 0.25) is 0 Å². The predicted molar refractivity (Wildman–Crippen MR) is 117 cm³/mol. The summed E-state index contributed by atoms with van der Waals surface area (Å²) in [6, 6.07) is 18.0. The Hall–Kier alpha value is -3.70. The molecule has 0 bridgehead atoms. The zero-order valence-corrected chi connectivity index (χ0v) is 17.8. The molecule has 0 N–H and O–H groups in total. The van der Waals surface area contributed by atoms with Gasteiger partial charge in [0.25, 0.3) is 5.56 Å². The third-order valence-electron chi connectivity index (χ3n) is 4.90. The highest BCUT2D eigenvalue weighted by molar-refractivity contribution is 9.10. The minimum Gasteiger partial charge on any atom is -0.268 e. The number of aromatic nitrogens is 4. The second-order valence-corrected chi connectivity index (χ2v) is 7.63. The normalized spacial score (nSPS) is 10.7. The summed E-state index contributed by atoms with van der Waals surface area (Å²) >= 11 is 3.43. The largest absolute Gasteiger partial charge is 0.335 e. The first kappa shape index (κ1) is 19.6. The number of nitriles is 1. The molecule has 0 unspecified atom stereocenters. The molecule has 4 rings (SSSR count). The molecule has 0 atom stereocenters. The predicted octanol–water partition coefficient (Wildman–Crippen LogP) is 3.33. The van der Waals surface area contributed by atoms with Crippen molar-refractivity contribution in [2.45, 2.75) is 6.92 Å². The van der Waals surface area contributed by atoms with Crippen molar-refractivity contribution in [1.82, 2.24) is 18.9 Å². The van der Waals surface area contributed by atoms with E-state index in [1.54, 1.807) is 48.1 Å². The third kappa shape index (κ3) is 3.19. The lowest BCUT2D eigenvalue weighted by Gasteiger charge is -2.17. The summed E-state index contributed by atoms with van der Waals surface area (Å²) in [6.45, 7) is 1.75. The summed E-state index contributed by atoms with van der Waals surface area (Å²) in [7, 11) is 1.46. The quantitative estimate of drug-likeness (QED) is 0.468. The molecule has 2 heterocycles. The van der Waals surface area contributed by atoms with Gasteiger partial charge in [0.15, 0.2) is 0 Å². The van der Waals surface area contributed by atoms with Crippen LogP contribution in [0.25, 0.3) is 22.6 Å². The van der Waals surface area contributed by atoms with Crippen LogP contribution in [0.4, 0.5) is 0 Å². The molecule has 7 nitrogen and oxygen atoms in total. The molecule has 30 heavy (non-hydrogen) atoms. The Morgan fingerprint density at radius 3 is 2.43 bits per heavy atom. The van der Waals surface area contributed by atoms with Gasteiger partial charge in [-0.25, -0.2) is 9.48 Å². The lowest BCUT2D eigenvalue weighted by molar-refractivity contribution is 0.713. The average Bonchev–Trinajstić information content (AvgIpc) is 3.22. The maximum absolute atomic E-state index is 13.1. The van der Waals surface area contributed by atoms with E-state index < -0.39 is 11.2 Å². The fourth-order valence-corrected chi connectivity index (χ4v) is 3.79. The molecule has 4 aromatic rings.